The van der Waals surface area contributed by atoms with Crippen LogP contribution in [-0.2, 0) is 23.6 Å². The lowest BCUT2D eigenvalue weighted by Gasteiger charge is -2.41. The van der Waals surface area contributed by atoms with Crippen LogP contribution in [0.15, 0.2) is 17.8 Å². The second-order valence-electron chi connectivity index (χ2n) is 10.7. The van der Waals surface area contributed by atoms with Gasteiger partial charge in [-0.05, 0) is 58.8 Å². The molecule has 2 unspecified atom stereocenters. The Hall–Kier alpha value is -1.15. The molecule has 2 rings (SSSR count). The topological polar surface area (TPSA) is 94.5 Å². The van der Waals surface area contributed by atoms with Crippen LogP contribution in [0.4, 0.5) is 0 Å². The van der Waals surface area contributed by atoms with Crippen molar-refractivity contribution in [1.82, 2.24) is 0 Å². The molecule has 33 heavy (non-hydrogen) atoms. The molecule has 0 amide bonds. The number of aliphatic hydroxyl groups is 2. The Morgan fingerprint density at radius 3 is 2.36 bits per heavy atom. The lowest BCUT2D eigenvalue weighted by atomic mass is 9.72. The standard InChI is InChI=1S/C25H43BO7/c1-9-11-18(23-22(29)21(28)14-20(31-23)15-30-17(4)27)12-16(3)13-19(10-2)26-32-24(5,6)25(7,8)33-26/h16,18,20-23,28-29H,2,9,11-15H2,1,3-8H3/t16?,18?,20-,21-,22-,23+/m0/s1. The van der Waals surface area contributed by atoms with Gasteiger partial charge in [0.1, 0.15) is 12.7 Å². The first-order chi connectivity index (χ1) is 15.3. The van der Waals surface area contributed by atoms with Gasteiger partial charge >= 0.3 is 13.1 Å². The van der Waals surface area contributed by atoms with Gasteiger partial charge in [0.15, 0.2) is 0 Å². The number of hydrogen-bond acceptors (Lipinski definition) is 7. The van der Waals surface area contributed by atoms with Crippen LogP contribution in [0.25, 0.3) is 0 Å². The molecule has 2 aliphatic heterocycles. The van der Waals surface area contributed by atoms with E-state index in [1.807, 2.05) is 27.7 Å². The molecule has 188 valence electrons. The predicted molar refractivity (Wildman–Crippen MR) is 127 cm³/mol. The summed E-state index contributed by atoms with van der Waals surface area (Å²) in [5, 5.41) is 21.1. The highest BCUT2D eigenvalue weighted by Gasteiger charge is 2.52. The maximum atomic E-state index is 11.2. The van der Waals surface area contributed by atoms with Gasteiger partial charge in [-0.1, -0.05) is 26.8 Å². The van der Waals surface area contributed by atoms with E-state index in [0.29, 0.717) is 6.42 Å². The fourth-order valence-electron chi connectivity index (χ4n) is 4.69. The molecule has 2 aliphatic rings. The summed E-state index contributed by atoms with van der Waals surface area (Å²) in [5.41, 5.74) is 3.06. The lowest BCUT2D eigenvalue weighted by Crippen LogP contribution is -2.52. The zero-order chi connectivity index (χ0) is 25.0. The summed E-state index contributed by atoms with van der Waals surface area (Å²) in [5.74, 6) is -0.119. The average molecular weight is 466 g/mol. The molecular weight excluding hydrogens is 423 g/mol. The van der Waals surface area contributed by atoms with Crippen LogP contribution in [0.1, 0.15) is 80.6 Å². The summed E-state index contributed by atoms with van der Waals surface area (Å²) < 4.78 is 23.6. The third kappa shape index (κ3) is 7.17. The van der Waals surface area contributed by atoms with Crippen LogP contribution < -0.4 is 0 Å². The van der Waals surface area contributed by atoms with Gasteiger partial charge in [0.25, 0.3) is 0 Å². The van der Waals surface area contributed by atoms with Crippen LogP contribution in [0.5, 0.6) is 0 Å². The SMILES string of the molecule is C=C=C(CC(C)CC(CCC)[C@H]1O[C@H](COC(C)=O)C[C@H](O)[C@@H]1O)B1OC(C)(C)C(C)(C)O1. The minimum Gasteiger partial charge on any atom is -0.463 e. The van der Waals surface area contributed by atoms with E-state index in [-0.39, 0.29) is 30.8 Å². The van der Waals surface area contributed by atoms with Crippen molar-refractivity contribution in [2.24, 2.45) is 11.8 Å². The molecule has 2 fully saturated rings. The Bertz CT molecular complexity index is 700. The highest BCUT2D eigenvalue weighted by Crippen LogP contribution is 2.40. The number of rotatable bonds is 10. The van der Waals surface area contributed by atoms with Crippen LogP contribution in [0.3, 0.4) is 0 Å². The second-order valence-corrected chi connectivity index (χ2v) is 10.7. The molecule has 0 aromatic heterocycles. The van der Waals surface area contributed by atoms with Gasteiger partial charge in [0.2, 0.25) is 0 Å². The van der Waals surface area contributed by atoms with Crippen molar-refractivity contribution in [3.8, 4) is 0 Å². The number of allylic oxidation sites excluding steroid dienone is 1. The second kappa shape index (κ2) is 11.5. The van der Waals surface area contributed by atoms with Crippen molar-refractivity contribution in [3.63, 3.8) is 0 Å². The number of esters is 1. The molecule has 0 radical (unpaired) electrons. The fraction of sp³-hybridized carbons (Fsp3) is 0.840. The first-order valence-electron chi connectivity index (χ1n) is 12.2. The Balaban J connectivity index is 2.06. The van der Waals surface area contributed by atoms with Crippen molar-refractivity contribution < 1.29 is 33.8 Å². The molecule has 0 bridgehead atoms. The number of aliphatic hydroxyl groups excluding tert-OH is 2. The van der Waals surface area contributed by atoms with Gasteiger partial charge < -0.3 is 29.0 Å². The molecule has 0 aliphatic carbocycles. The van der Waals surface area contributed by atoms with E-state index in [1.54, 1.807) is 0 Å². The zero-order valence-electron chi connectivity index (χ0n) is 21.4. The van der Waals surface area contributed by atoms with E-state index in [2.05, 4.69) is 26.2 Å². The van der Waals surface area contributed by atoms with Gasteiger partial charge in [0.05, 0.1) is 29.5 Å². The van der Waals surface area contributed by atoms with Crippen LogP contribution in [0.2, 0.25) is 0 Å². The van der Waals surface area contributed by atoms with E-state index < -0.39 is 42.7 Å². The van der Waals surface area contributed by atoms with E-state index in [0.717, 1.165) is 24.7 Å². The third-order valence-electron chi connectivity index (χ3n) is 7.22. The summed E-state index contributed by atoms with van der Waals surface area (Å²) in [4.78, 5) is 11.2. The first-order valence-corrected chi connectivity index (χ1v) is 12.2. The van der Waals surface area contributed by atoms with Gasteiger partial charge in [0, 0.05) is 18.8 Å². The molecule has 0 aromatic rings. The molecule has 2 saturated heterocycles. The summed E-state index contributed by atoms with van der Waals surface area (Å²) in [7, 11) is -0.481. The summed E-state index contributed by atoms with van der Waals surface area (Å²) in [6, 6.07) is 0. The summed E-state index contributed by atoms with van der Waals surface area (Å²) in [6.07, 6.45) is 0.664. The molecule has 7 nitrogen and oxygen atoms in total. The summed E-state index contributed by atoms with van der Waals surface area (Å²) in [6.45, 7) is 17.6. The third-order valence-corrected chi connectivity index (χ3v) is 7.22. The van der Waals surface area contributed by atoms with Gasteiger partial charge in [-0.2, -0.15) is 0 Å². The molecule has 6 atom stereocenters. The highest BCUT2D eigenvalue weighted by molar-refractivity contribution is 6.54. The van der Waals surface area contributed by atoms with E-state index in [4.69, 9.17) is 18.8 Å². The molecule has 2 N–H and O–H groups in total. The monoisotopic (exact) mass is 466 g/mol. The highest BCUT2D eigenvalue weighted by atomic mass is 16.7. The maximum Gasteiger partial charge on any atom is 0.498 e. The lowest BCUT2D eigenvalue weighted by molar-refractivity contribution is -0.200. The van der Waals surface area contributed by atoms with Crippen molar-refractivity contribution in [2.75, 3.05) is 6.61 Å². The molecule has 0 spiro atoms. The summed E-state index contributed by atoms with van der Waals surface area (Å²) >= 11 is 0. The van der Waals surface area contributed by atoms with Crippen LogP contribution in [0, 0.1) is 11.8 Å². The van der Waals surface area contributed by atoms with Gasteiger partial charge in [-0.25, -0.2) is 0 Å². The van der Waals surface area contributed by atoms with Crippen LogP contribution in [-0.4, -0.2) is 65.5 Å². The quantitative estimate of drug-likeness (QED) is 0.289. The number of carbonyl (C=O) groups is 1. The molecule has 0 saturated carbocycles. The minimum absolute atomic E-state index is 0.0409. The normalized spacial score (nSPS) is 30.4. The minimum atomic E-state index is -0.972. The Morgan fingerprint density at radius 1 is 1.24 bits per heavy atom. The predicted octanol–water partition coefficient (Wildman–Crippen LogP) is 3.60. The molecule has 8 heteroatoms. The smallest absolute Gasteiger partial charge is 0.463 e. The van der Waals surface area contributed by atoms with E-state index >= 15 is 0 Å². The first kappa shape index (κ1) is 28.1. The van der Waals surface area contributed by atoms with Gasteiger partial charge in [-0.15, -0.1) is 5.73 Å². The van der Waals surface area contributed by atoms with Crippen molar-refractivity contribution >= 4 is 13.1 Å². The van der Waals surface area contributed by atoms with Crippen LogP contribution >= 0.6 is 0 Å². The maximum absolute atomic E-state index is 11.2. The Kier molecular flexibility index (Phi) is 9.81. The van der Waals surface area contributed by atoms with Crippen molar-refractivity contribution in [3.05, 3.63) is 17.8 Å². The Labute approximate surface area is 199 Å². The average Bonchev–Trinajstić information content (AvgIpc) is 2.93. The van der Waals surface area contributed by atoms with E-state index in [1.165, 1.54) is 6.92 Å². The Morgan fingerprint density at radius 2 is 1.85 bits per heavy atom. The zero-order valence-corrected chi connectivity index (χ0v) is 21.4. The fourth-order valence-corrected chi connectivity index (χ4v) is 4.69. The number of hydrogen-bond donors (Lipinski definition) is 2. The molecular formula is C25H43BO7. The van der Waals surface area contributed by atoms with Gasteiger partial charge in [-0.3, -0.25) is 4.79 Å². The van der Waals surface area contributed by atoms with Crippen molar-refractivity contribution in [2.45, 2.75) is 116 Å². The van der Waals surface area contributed by atoms with E-state index in [9.17, 15) is 15.0 Å². The number of ether oxygens (including phenoxy) is 2. The van der Waals surface area contributed by atoms with Crippen molar-refractivity contribution in [1.29, 1.82) is 0 Å². The molecule has 2 heterocycles. The molecule has 0 aromatic carbocycles. The number of carbonyl (C=O) groups excluding carboxylic acids is 1. The largest absolute Gasteiger partial charge is 0.498 e.